The van der Waals surface area contributed by atoms with E-state index in [0.717, 1.165) is 28.7 Å². The quantitative estimate of drug-likeness (QED) is 0.800. The number of hydrogen-bond acceptors (Lipinski definition) is 5. The van der Waals surface area contributed by atoms with Crippen molar-refractivity contribution in [3.63, 3.8) is 0 Å². The first-order valence-electron chi connectivity index (χ1n) is 7.07. The number of nitrogens with zero attached hydrogens (tertiary/aromatic N) is 5. The Labute approximate surface area is 136 Å². The van der Waals surface area contributed by atoms with Gasteiger partial charge in [-0.05, 0) is 34.8 Å². The van der Waals surface area contributed by atoms with Gasteiger partial charge in [0.25, 0.3) is 0 Å². The largest absolute Gasteiger partial charge is 0.308 e. The van der Waals surface area contributed by atoms with E-state index < -0.39 is 10.0 Å². The Morgan fingerprint density at radius 3 is 2.73 bits per heavy atom. The van der Waals surface area contributed by atoms with Crippen LogP contribution in [0, 0.1) is 0 Å². The molecule has 2 aliphatic rings. The average molecular weight is 384 g/mol. The molecule has 116 valence electrons. The molecule has 0 N–H and O–H groups in total. The van der Waals surface area contributed by atoms with Crippen LogP contribution in [0.4, 0.5) is 0 Å². The molecule has 0 saturated heterocycles. The normalized spacial score (nSPS) is 19.1. The summed E-state index contributed by atoms with van der Waals surface area (Å²) in [5.41, 5.74) is 0.867. The first kappa shape index (κ1) is 14.3. The molecule has 2 aromatic heterocycles. The molecular weight excluding hydrogens is 370 g/mol. The number of pyridine rings is 1. The highest BCUT2D eigenvalue weighted by molar-refractivity contribution is 9.10. The average Bonchev–Trinajstić information content (AvgIpc) is 3.27. The summed E-state index contributed by atoms with van der Waals surface area (Å²) in [6.45, 7) is 1.34. The maximum atomic E-state index is 12.3. The summed E-state index contributed by atoms with van der Waals surface area (Å²) in [7, 11) is -3.16. The number of fused-ring (bicyclic) bond motifs is 1. The lowest BCUT2D eigenvalue weighted by Gasteiger charge is -2.27. The Morgan fingerprint density at radius 1 is 1.18 bits per heavy atom. The third-order valence-electron chi connectivity index (χ3n) is 3.99. The van der Waals surface area contributed by atoms with Crippen LogP contribution in [0.3, 0.4) is 0 Å². The zero-order valence-corrected chi connectivity index (χ0v) is 14.1. The van der Waals surface area contributed by atoms with E-state index in [-0.39, 0.29) is 5.25 Å². The standard InChI is InChI=1S/C13H14BrN5O2S/c14-10-5-9(6-15-7-10)13-17-16-12-8-18(3-4-19(12)13)22(20,21)11-1-2-11/h5-7,11H,1-4,8H2. The second-order valence-electron chi connectivity index (χ2n) is 5.56. The molecule has 9 heteroatoms. The summed E-state index contributed by atoms with van der Waals surface area (Å²) >= 11 is 3.39. The lowest BCUT2D eigenvalue weighted by Crippen LogP contribution is -2.40. The van der Waals surface area contributed by atoms with Crippen LogP contribution >= 0.6 is 15.9 Å². The molecule has 3 heterocycles. The SMILES string of the molecule is O=S(=O)(C1CC1)N1CCn2c(nnc2-c2cncc(Br)c2)C1. The van der Waals surface area contributed by atoms with Crippen LogP contribution in [0.2, 0.25) is 0 Å². The monoisotopic (exact) mass is 383 g/mol. The zero-order chi connectivity index (χ0) is 15.3. The van der Waals surface area contributed by atoms with Gasteiger partial charge in [-0.2, -0.15) is 4.31 Å². The fraction of sp³-hybridized carbons (Fsp3) is 0.462. The molecule has 0 aromatic carbocycles. The van der Waals surface area contributed by atoms with Gasteiger partial charge in [-0.15, -0.1) is 10.2 Å². The molecule has 1 fully saturated rings. The molecule has 2 aromatic rings. The van der Waals surface area contributed by atoms with E-state index in [9.17, 15) is 8.42 Å². The predicted octanol–water partition coefficient (Wildman–Crippen LogP) is 1.41. The second-order valence-corrected chi connectivity index (χ2v) is 8.69. The van der Waals surface area contributed by atoms with Crippen molar-refractivity contribution in [3.05, 3.63) is 28.8 Å². The fourth-order valence-electron chi connectivity index (χ4n) is 2.68. The van der Waals surface area contributed by atoms with E-state index in [1.807, 2.05) is 10.6 Å². The van der Waals surface area contributed by atoms with Gasteiger partial charge in [0.2, 0.25) is 10.0 Å². The number of aromatic nitrogens is 4. The molecule has 7 nitrogen and oxygen atoms in total. The van der Waals surface area contributed by atoms with Crippen molar-refractivity contribution in [2.75, 3.05) is 6.54 Å². The van der Waals surface area contributed by atoms with Gasteiger partial charge in [0, 0.05) is 35.5 Å². The van der Waals surface area contributed by atoms with Crippen molar-refractivity contribution < 1.29 is 8.42 Å². The Bertz CT molecular complexity index is 831. The van der Waals surface area contributed by atoms with Crippen LogP contribution in [0.25, 0.3) is 11.4 Å². The molecule has 1 aliphatic carbocycles. The van der Waals surface area contributed by atoms with E-state index in [2.05, 4.69) is 31.1 Å². The summed E-state index contributed by atoms with van der Waals surface area (Å²) in [6.07, 6.45) is 5.00. The maximum Gasteiger partial charge on any atom is 0.217 e. The van der Waals surface area contributed by atoms with E-state index >= 15 is 0 Å². The Morgan fingerprint density at radius 2 is 2.00 bits per heavy atom. The van der Waals surface area contributed by atoms with Crippen molar-refractivity contribution in [1.29, 1.82) is 0 Å². The van der Waals surface area contributed by atoms with Crippen LogP contribution in [0.5, 0.6) is 0 Å². The summed E-state index contributed by atoms with van der Waals surface area (Å²) in [4.78, 5) is 4.14. The molecule has 0 unspecified atom stereocenters. The number of rotatable bonds is 3. The highest BCUT2D eigenvalue weighted by Crippen LogP contribution is 2.33. The summed E-state index contributed by atoms with van der Waals surface area (Å²) in [5.74, 6) is 1.41. The minimum absolute atomic E-state index is 0.185. The summed E-state index contributed by atoms with van der Waals surface area (Å²) in [5, 5.41) is 8.20. The smallest absolute Gasteiger partial charge is 0.217 e. The Balaban J connectivity index is 1.65. The third-order valence-corrected chi connectivity index (χ3v) is 6.77. The van der Waals surface area contributed by atoms with Gasteiger partial charge in [0.1, 0.15) is 5.82 Å². The zero-order valence-electron chi connectivity index (χ0n) is 11.7. The van der Waals surface area contributed by atoms with Crippen molar-refractivity contribution in [1.82, 2.24) is 24.1 Å². The van der Waals surface area contributed by atoms with Gasteiger partial charge in [-0.25, -0.2) is 8.42 Å². The molecule has 0 atom stereocenters. The number of halogens is 1. The lowest BCUT2D eigenvalue weighted by atomic mass is 10.2. The molecule has 22 heavy (non-hydrogen) atoms. The van der Waals surface area contributed by atoms with Gasteiger partial charge in [0.05, 0.1) is 11.8 Å². The summed E-state index contributed by atoms with van der Waals surface area (Å²) < 4.78 is 29.0. The van der Waals surface area contributed by atoms with E-state index in [1.54, 1.807) is 12.4 Å². The van der Waals surface area contributed by atoms with Crippen molar-refractivity contribution in [2.45, 2.75) is 31.2 Å². The maximum absolute atomic E-state index is 12.3. The van der Waals surface area contributed by atoms with Gasteiger partial charge in [-0.3, -0.25) is 4.98 Å². The topological polar surface area (TPSA) is 81.0 Å². The van der Waals surface area contributed by atoms with E-state index in [1.165, 1.54) is 4.31 Å². The fourth-order valence-corrected chi connectivity index (χ4v) is 4.83. The summed E-state index contributed by atoms with van der Waals surface area (Å²) in [6, 6.07) is 1.93. The van der Waals surface area contributed by atoms with Gasteiger partial charge < -0.3 is 4.57 Å². The van der Waals surface area contributed by atoms with Crippen molar-refractivity contribution >= 4 is 26.0 Å². The highest BCUT2D eigenvalue weighted by atomic mass is 79.9. The van der Waals surface area contributed by atoms with Crippen molar-refractivity contribution in [2.24, 2.45) is 0 Å². The van der Waals surface area contributed by atoms with E-state index in [4.69, 9.17) is 0 Å². The molecular formula is C13H14BrN5O2S. The molecule has 4 rings (SSSR count). The Kier molecular flexibility index (Phi) is 3.31. The minimum atomic E-state index is -3.16. The molecule has 1 saturated carbocycles. The molecule has 0 bridgehead atoms. The van der Waals surface area contributed by atoms with Gasteiger partial charge >= 0.3 is 0 Å². The van der Waals surface area contributed by atoms with Crippen LogP contribution in [0.15, 0.2) is 22.9 Å². The van der Waals surface area contributed by atoms with Gasteiger partial charge in [-0.1, -0.05) is 0 Å². The van der Waals surface area contributed by atoms with Gasteiger partial charge in [0.15, 0.2) is 5.82 Å². The number of sulfonamides is 1. The van der Waals surface area contributed by atoms with Crippen LogP contribution in [-0.2, 0) is 23.1 Å². The van der Waals surface area contributed by atoms with Crippen LogP contribution in [0.1, 0.15) is 18.7 Å². The predicted molar refractivity (Wildman–Crippen MR) is 83.3 cm³/mol. The first-order valence-corrected chi connectivity index (χ1v) is 9.37. The molecule has 0 amide bonds. The van der Waals surface area contributed by atoms with Crippen LogP contribution < -0.4 is 0 Å². The highest BCUT2D eigenvalue weighted by Gasteiger charge is 2.41. The third kappa shape index (κ3) is 2.37. The molecule has 1 aliphatic heterocycles. The minimum Gasteiger partial charge on any atom is -0.308 e. The second kappa shape index (κ2) is 5.10. The van der Waals surface area contributed by atoms with Crippen molar-refractivity contribution in [3.8, 4) is 11.4 Å². The Hall–Kier alpha value is -1.32. The first-order chi connectivity index (χ1) is 10.6. The van der Waals surface area contributed by atoms with Crippen LogP contribution in [-0.4, -0.2) is 44.3 Å². The molecule has 0 spiro atoms. The lowest BCUT2D eigenvalue weighted by molar-refractivity contribution is 0.336. The number of hydrogen-bond donors (Lipinski definition) is 0. The van der Waals surface area contributed by atoms with E-state index in [0.29, 0.717) is 25.5 Å². The molecule has 0 radical (unpaired) electrons.